The number of aryl methyl sites for hydroxylation is 1. The number of aromatic nitrogens is 3. The summed E-state index contributed by atoms with van der Waals surface area (Å²) in [5.74, 6) is -0.556. The minimum atomic E-state index is -0.614. The third-order valence-corrected chi connectivity index (χ3v) is 6.07. The standard InChI is InChI=1S/C21H26FN5O2/c1-13(9-14(2)22)10-27-17-16(24-12-25(3)20(17)29)15(18(23)28)19(27)26-8-4-5-21(11-26)6-7-21/h9,12H,2,4-8,10-11H2,1,3H3,(H2,23,28)/b13-9+. The van der Waals surface area contributed by atoms with Crippen molar-refractivity contribution in [3.8, 4) is 0 Å². The normalized spacial score (nSPS) is 18.4. The lowest BCUT2D eigenvalue weighted by Crippen LogP contribution is -2.39. The van der Waals surface area contributed by atoms with E-state index in [1.165, 1.54) is 36.2 Å². The lowest BCUT2D eigenvalue weighted by molar-refractivity contribution is 0.100. The van der Waals surface area contributed by atoms with E-state index in [1.54, 1.807) is 18.5 Å². The van der Waals surface area contributed by atoms with Crippen LogP contribution in [0.15, 0.2) is 35.2 Å². The average molecular weight is 399 g/mol. The zero-order chi connectivity index (χ0) is 20.9. The zero-order valence-electron chi connectivity index (χ0n) is 16.9. The number of carbonyl (C=O) groups is 1. The number of amides is 1. The molecule has 2 aliphatic rings. The summed E-state index contributed by atoms with van der Waals surface area (Å²) >= 11 is 0. The number of hydrogen-bond donors (Lipinski definition) is 1. The number of hydrogen-bond acceptors (Lipinski definition) is 4. The molecule has 1 saturated carbocycles. The van der Waals surface area contributed by atoms with E-state index >= 15 is 0 Å². The van der Waals surface area contributed by atoms with Gasteiger partial charge in [0.05, 0.1) is 6.33 Å². The van der Waals surface area contributed by atoms with Gasteiger partial charge in [-0.1, -0.05) is 12.2 Å². The molecule has 1 saturated heterocycles. The Labute approximate surface area is 168 Å². The molecule has 3 heterocycles. The summed E-state index contributed by atoms with van der Waals surface area (Å²) in [5, 5.41) is 0. The Hall–Kier alpha value is -2.90. The molecule has 4 rings (SSSR count). The van der Waals surface area contributed by atoms with Crippen LogP contribution in [0.25, 0.3) is 11.0 Å². The number of rotatable bonds is 5. The molecule has 29 heavy (non-hydrogen) atoms. The smallest absolute Gasteiger partial charge is 0.277 e. The van der Waals surface area contributed by atoms with Crippen LogP contribution in [0, 0.1) is 5.41 Å². The number of allylic oxidation sites excluding steroid dienone is 3. The van der Waals surface area contributed by atoms with Crippen LogP contribution in [-0.2, 0) is 13.6 Å². The van der Waals surface area contributed by atoms with Crippen molar-refractivity contribution < 1.29 is 9.18 Å². The maximum Gasteiger partial charge on any atom is 0.277 e. The second kappa shape index (κ2) is 6.86. The fourth-order valence-electron chi connectivity index (χ4n) is 4.54. The summed E-state index contributed by atoms with van der Waals surface area (Å²) in [6, 6.07) is 0. The molecule has 0 aromatic carbocycles. The van der Waals surface area contributed by atoms with Gasteiger partial charge in [-0.2, -0.15) is 0 Å². The molecule has 1 spiro atoms. The fourth-order valence-corrected chi connectivity index (χ4v) is 4.54. The van der Waals surface area contributed by atoms with Crippen LogP contribution in [0.3, 0.4) is 0 Å². The van der Waals surface area contributed by atoms with Gasteiger partial charge < -0.3 is 19.8 Å². The number of anilines is 1. The zero-order valence-corrected chi connectivity index (χ0v) is 16.9. The van der Waals surface area contributed by atoms with Crippen molar-refractivity contribution in [2.75, 3.05) is 18.0 Å². The molecule has 2 fully saturated rings. The van der Waals surface area contributed by atoms with Crippen molar-refractivity contribution >= 4 is 22.8 Å². The van der Waals surface area contributed by atoms with Crippen LogP contribution in [0.2, 0.25) is 0 Å². The predicted octanol–water partition coefficient (Wildman–Crippen LogP) is 2.64. The van der Waals surface area contributed by atoms with Gasteiger partial charge in [0.2, 0.25) is 0 Å². The molecule has 1 aliphatic carbocycles. The van der Waals surface area contributed by atoms with Crippen molar-refractivity contribution in [3.63, 3.8) is 0 Å². The monoisotopic (exact) mass is 399 g/mol. The summed E-state index contributed by atoms with van der Waals surface area (Å²) < 4.78 is 16.5. The summed E-state index contributed by atoms with van der Waals surface area (Å²) in [6.07, 6.45) is 7.28. The molecule has 2 N–H and O–H groups in total. The molecule has 0 atom stereocenters. The third-order valence-electron chi connectivity index (χ3n) is 6.07. The molecule has 8 heteroatoms. The lowest BCUT2D eigenvalue weighted by Gasteiger charge is -2.35. The van der Waals surface area contributed by atoms with E-state index in [-0.39, 0.29) is 17.7 Å². The van der Waals surface area contributed by atoms with Crippen LogP contribution < -0.4 is 16.2 Å². The van der Waals surface area contributed by atoms with Gasteiger partial charge in [-0.05, 0) is 44.1 Å². The van der Waals surface area contributed by atoms with Crippen molar-refractivity contribution in [1.82, 2.24) is 14.1 Å². The summed E-state index contributed by atoms with van der Waals surface area (Å²) in [5.41, 5.74) is 7.35. The Morgan fingerprint density at radius 2 is 2.14 bits per heavy atom. The van der Waals surface area contributed by atoms with Crippen LogP contribution in [0.5, 0.6) is 0 Å². The highest BCUT2D eigenvalue weighted by Gasteiger charge is 2.46. The third kappa shape index (κ3) is 3.36. The lowest BCUT2D eigenvalue weighted by atomic mass is 9.95. The van der Waals surface area contributed by atoms with Gasteiger partial charge in [-0.3, -0.25) is 9.59 Å². The fraction of sp³-hybridized carbons (Fsp3) is 0.476. The maximum atomic E-state index is 13.4. The Kier molecular flexibility index (Phi) is 4.59. The highest BCUT2D eigenvalue weighted by molar-refractivity contribution is 6.10. The molecular weight excluding hydrogens is 373 g/mol. The Bertz CT molecular complexity index is 1110. The molecule has 1 amide bonds. The first-order valence-electron chi connectivity index (χ1n) is 9.86. The Morgan fingerprint density at radius 3 is 2.76 bits per heavy atom. The molecule has 0 radical (unpaired) electrons. The molecule has 1 aliphatic heterocycles. The van der Waals surface area contributed by atoms with Gasteiger partial charge in [0.25, 0.3) is 11.5 Å². The molecular formula is C21H26FN5O2. The minimum absolute atomic E-state index is 0.243. The van der Waals surface area contributed by atoms with Gasteiger partial charge in [0.1, 0.15) is 28.2 Å². The van der Waals surface area contributed by atoms with E-state index in [9.17, 15) is 14.0 Å². The summed E-state index contributed by atoms with van der Waals surface area (Å²) in [6.45, 7) is 6.90. The second-order valence-corrected chi connectivity index (χ2v) is 8.47. The van der Waals surface area contributed by atoms with Gasteiger partial charge >= 0.3 is 0 Å². The van der Waals surface area contributed by atoms with Crippen molar-refractivity contribution in [1.29, 1.82) is 0 Å². The second-order valence-electron chi connectivity index (χ2n) is 8.47. The van der Waals surface area contributed by atoms with Gasteiger partial charge in [0.15, 0.2) is 0 Å². The van der Waals surface area contributed by atoms with Gasteiger partial charge in [0, 0.05) is 26.7 Å². The van der Waals surface area contributed by atoms with Crippen molar-refractivity contribution in [2.45, 2.75) is 39.2 Å². The highest BCUT2D eigenvalue weighted by Crippen LogP contribution is 2.53. The van der Waals surface area contributed by atoms with E-state index in [2.05, 4.69) is 16.5 Å². The average Bonchev–Trinajstić information content (AvgIpc) is 3.29. The topological polar surface area (TPSA) is 86.2 Å². The largest absolute Gasteiger partial charge is 0.365 e. The number of piperidine rings is 1. The van der Waals surface area contributed by atoms with Gasteiger partial charge in [-0.15, -0.1) is 0 Å². The van der Waals surface area contributed by atoms with Crippen LogP contribution in [-0.4, -0.2) is 33.1 Å². The van der Waals surface area contributed by atoms with Crippen molar-refractivity contribution in [2.24, 2.45) is 18.2 Å². The first-order valence-corrected chi connectivity index (χ1v) is 9.86. The molecule has 2 aromatic heterocycles. The highest BCUT2D eigenvalue weighted by atomic mass is 19.1. The Morgan fingerprint density at radius 1 is 1.41 bits per heavy atom. The number of nitrogens with zero attached hydrogens (tertiary/aromatic N) is 4. The van der Waals surface area contributed by atoms with Gasteiger partial charge in [-0.25, -0.2) is 9.37 Å². The van der Waals surface area contributed by atoms with E-state index < -0.39 is 11.7 Å². The molecule has 0 bridgehead atoms. The van der Waals surface area contributed by atoms with Crippen LogP contribution in [0.4, 0.5) is 10.2 Å². The SMILES string of the molecule is C=C(F)/C=C(\C)Cn1c(N2CCCC3(CC3)C2)c(C(N)=O)c2ncn(C)c(=O)c21. The Balaban J connectivity index is 1.98. The minimum Gasteiger partial charge on any atom is -0.365 e. The predicted molar refractivity (Wildman–Crippen MR) is 111 cm³/mol. The first kappa shape index (κ1) is 19.4. The number of halogens is 1. The van der Waals surface area contributed by atoms with E-state index in [0.29, 0.717) is 27.8 Å². The quantitative estimate of drug-likeness (QED) is 0.783. The summed E-state index contributed by atoms with van der Waals surface area (Å²) in [7, 11) is 1.61. The number of nitrogens with two attached hydrogens (primary N) is 1. The van der Waals surface area contributed by atoms with E-state index in [1.807, 2.05) is 0 Å². The van der Waals surface area contributed by atoms with E-state index in [4.69, 9.17) is 5.73 Å². The van der Waals surface area contributed by atoms with E-state index in [0.717, 1.165) is 19.5 Å². The first-order chi connectivity index (χ1) is 13.7. The number of fused-ring (bicyclic) bond motifs is 1. The summed E-state index contributed by atoms with van der Waals surface area (Å²) in [4.78, 5) is 32.0. The van der Waals surface area contributed by atoms with Crippen molar-refractivity contribution in [3.05, 3.63) is 46.3 Å². The number of carbonyl (C=O) groups excluding carboxylic acids is 1. The molecule has 7 nitrogen and oxygen atoms in total. The van der Waals surface area contributed by atoms with Crippen LogP contribution >= 0.6 is 0 Å². The maximum absolute atomic E-state index is 13.4. The van der Waals surface area contributed by atoms with Crippen LogP contribution in [0.1, 0.15) is 43.0 Å². The molecule has 0 unspecified atom stereocenters. The molecule has 2 aromatic rings. The number of primary amides is 1. The molecule has 154 valence electrons.